The molecule has 0 radical (unpaired) electrons. The van der Waals surface area contributed by atoms with Gasteiger partial charge in [0.25, 0.3) is 11.8 Å². The molecule has 0 aliphatic carbocycles. The van der Waals surface area contributed by atoms with Crippen molar-refractivity contribution in [2.45, 2.75) is 18.1 Å². The second-order valence-electron chi connectivity index (χ2n) is 7.36. The van der Waals surface area contributed by atoms with Crippen LogP contribution in [0.3, 0.4) is 0 Å². The maximum Gasteiger partial charge on any atom is 0.261 e. The van der Waals surface area contributed by atoms with Crippen LogP contribution in [-0.4, -0.2) is 43.8 Å². The maximum atomic E-state index is 13.0. The van der Waals surface area contributed by atoms with Crippen LogP contribution in [0, 0.1) is 0 Å². The minimum Gasteiger partial charge on any atom is -0.297 e. The Morgan fingerprint density at radius 2 is 1.75 bits per heavy atom. The van der Waals surface area contributed by atoms with Crippen molar-refractivity contribution in [2.75, 3.05) is 12.3 Å². The molecule has 0 unspecified atom stereocenters. The van der Waals surface area contributed by atoms with Crippen LogP contribution < -0.4 is 0 Å². The van der Waals surface area contributed by atoms with Gasteiger partial charge in [-0.25, -0.2) is 0 Å². The number of rotatable bonds is 8. The molecule has 1 aliphatic rings. The number of nitrogens with zero attached hydrogens (tertiary/aromatic N) is 4. The first-order chi connectivity index (χ1) is 15.7. The highest BCUT2D eigenvalue weighted by Gasteiger charge is 2.32. The molecule has 0 atom stereocenters. The standard InChI is InChI=1S/C24H20N4O2S2/c1-2-12-27-21(19-11-5-14-31-19)25-26-24(27)32-15-6-13-28-22(29)17-9-3-7-16-8-4-10-18(20(16)17)23(28)30/h2-5,7-11,14H,1,6,12-13,15H2. The summed E-state index contributed by atoms with van der Waals surface area (Å²) in [4.78, 5) is 28.5. The summed E-state index contributed by atoms with van der Waals surface area (Å²) in [6, 6.07) is 15.2. The molecule has 0 saturated carbocycles. The van der Waals surface area contributed by atoms with Gasteiger partial charge in [0.2, 0.25) is 0 Å². The van der Waals surface area contributed by atoms with E-state index in [2.05, 4.69) is 16.8 Å². The van der Waals surface area contributed by atoms with Crippen LogP contribution in [-0.2, 0) is 6.54 Å². The van der Waals surface area contributed by atoms with Crippen molar-refractivity contribution in [1.82, 2.24) is 19.7 Å². The fourth-order valence-corrected chi connectivity index (χ4v) is 5.54. The summed E-state index contributed by atoms with van der Waals surface area (Å²) in [6.45, 7) is 4.83. The van der Waals surface area contributed by atoms with Crippen molar-refractivity contribution < 1.29 is 9.59 Å². The molecule has 2 amide bonds. The molecule has 160 valence electrons. The van der Waals surface area contributed by atoms with Gasteiger partial charge < -0.3 is 0 Å². The Bertz CT molecular complexity index is 1280. The lowest BCUT2D eigenvalue weighted by Crippen LogP contribution is -2.41. The molecule has 5 rings (SSSR count). The largest absolute Gasteiger partial charge is 0.297 e. The Labute approximate surface area is 193 Å². The van der Waals surface area contributed by atoms with E-state index in [0.29, 0.717) is 36.4 Å². The van der Waals surface area contributed by atoms with Gasteiger partial charge in [0.05, 0.1) is 4.88 Å². The first-order valence-corrected chi connectivity index (χ1v) is 12.1. The van der Waals surface area contributed by atoms with Gasteiger partial charge in [0.1, 0.15) is 0 Å². The van der Waals surface area contributed by atoms with Crippen molar-refractivity contribution in [1.29, 1.82) is 0 Å². The normalized spacial score (nSPS) is 13.2. The minimum absolute atomic E-state index is 0.223. The molecule has 2 aromatic carbocycles. The average molecular weight is 461 g/mol. The number of hydrogen-bond acceptors (Lipinski definition) is 6. The first kappa shape index (κ1) is 20.7. The minimum atomic E-state index is -0.223. The van der Waals surface area contributed by atoms with Gasteiger partial charge in [0, 0.05) is 35.4 Å². The number of thiophene rings is 1. The molecular weight excluding hydrogens is 440 g/mol. The summed E-state index contributed by atoms with van der Waals surface area (Å²) in [5.74, 6) is 1.09. The Balaban J connectivity index is 1.28. The molecule has 3 heterocycles. The Kier molecular flexibility index (Phi) is 5.63. The number of amides is 2. The Hall–Kier alpha value is -3.23. The highest BCUT2D eigenvalue weighted by Crippen LogP contribution is 2.31. The second-order valence-corrected chi connectivity index (χ2v) is 9.37. The van der Waals surface area contributed by atoms with Crippen molar-refractivity contribution >= 4 is 45.7 Å². The lowest BCUT2D eigenvalue weighted by atomic mass is 9.94. The molecule has 2 aromatic heterocycles. The van der Waals surface area contributed by atoms with Gasteiger partial charge in [-0.3, -0.25) is 19.1 Å². The predicted octanol–water partition coefficient (Wildman–Crippen LogP) is 5.12. The lowest BCUT2D eigenvalue weighted by Gasteiger charge is -2.27. The third-order valence-corrected chi connectivity index (χ3v) is 7.30. The fraction of sp³-hybridized carbons (Fsp3) is 0.167. The molecular formula is C24H20N4O2S2. The highest BCUT2D eigenvalue weighted by molar-refractivity contribution is 7.99. The fourth-order valence-electron chi connectivity index (χ4n) is 3.95. The van der Waals surface area contributed by atoms with E-state index in [1.807, 2.05) is 52.4 Å². The zero-order chi connectivity index (χ0) is 22.1. The molecule has 6 nitrogen and oxygen atoms in total. The number of benzene rings is 2. The third-order valence-electron chi connectivity index (χ3n) is 5.38. The van der Waals surface area contributed by atoms with E-state index >= 15 is 0 Å². The van der Waals surface area contributed by atoms with Gasteiger partial charge in [-0.15, -0.1) is 28.1 Å². The molecule has 4 aromatic rings. The SMILES string of the molecule is C=CCn1c(SCCCN2C(=O)c3cccc4cccc(c34)C2=O)nnc1-c1cccs1. The number of carbonyl (C=O) groups is 2. The smallest absolute Gasteiger partial charge is 0.261 e. The Morgan fingerprint density at radius 3 is 2.41 bits per heavy atom. The molecule has 8 heteroatoms. The number of carbonyl (C=O) groups excluding carboxylic acids is 2. The topological polar surface area (TPSA) is 68.1 Å². The number of hydrogen-bond donors (Lipinski definition) is 0. The van der Waals surface area contributed by atoms with E-state index in [-0.39, 0.29) is 11.8 Å². The van der Waals surface area contributed by atoms with E-state index in [1.165, 1.54) is 4.90 Å². The average Bonchev–Trinajstić information content (AvgIpc) is 3.47. The molecule has 1 aliphatic heterocycles. The monoisotopic (exact) mass is 460 g/mol. The van der Waals surface area contributed by atoms with Crippen molar-refractivity contribution in [3.05, 3.63) is 77.7 Å². The van der Waals surface area contributed by atoms with E-state index < -0.39 is 0 Å². The van der Waals surface area contributed by atoms with Gasteiger partial charge >= 0.3 is 0 Å². The third kappa shape index (κ3) is 3.55. The predicted molar refractivity (Wildman–Crippen MR) is 128 cm³/mol. The van der Waals surface area contributed by atoms with Gasteiger partial charge in [-0.2, -0.15) is 0 Å². The summed E-state index contributed by atoms with van der Waals surface area (Å²) >= 11 is 3.19. The van der Waals surface area contributed by atoms with Crippen molar-refractivity contribution in [3.63, 3.8) is 0 Å². The van der Waals surface area contributed by atoms with Crippen LogP contribution in [0.4, 0.5) is 0 Å². The first-order valence-electron chi connectivity index (χ1n) is 10.3. The number of allylic oxidation sites excluding steroid dienone is 1. The summed E-state index contributed by atoms with van der Waals surface area (Å²) in [5, 5.41) is 13.2. The molecule has 0 N–H and O–H groups in total. The van der Waals surface area contributed by atoms with Crippen LogP contribution in [0.1, 0.15) is 27.1 Å². The summed E-state index contributed by atoms with van der Waals surface area (Å²) in [6.07, 6.45) is 2.49. The van der Waals surface area contributed by atoms with Crippen LogP contribution in [0.15, 0.2) is 71.7 Å². The Morgan fingerprint density at radius 1 is 1.00 bits per heavy atom. The highest BCUT2D eigenvalue weighted by atomic mass is 32.2. The van der Waals surface area contributed by atoms with Gasteiger partial charge in [-0.05, 0) is 35.4 Å². The quantitative estimate of drug-likeness (QED) is 0.158. The molecule has 0 bridgehead atoms. The van der Waals surface area contributed by atoms with E-state index in [4.69, 9.17) is 0 Å². The summed E-state index contributed by atoms with van der Waals surface area (Å²) in [5.41, 5.74) is 1.19. The molecule has 32 heavy (non-hydrogen) atoms. The molecule has 0 saturated heterocycles. The molecule has 0 spiro atoms. The second kappa shape index (κ2) is 8.72. The van der Waals surface area contributed by atoms with E-state index in [1.54, 1.807) is 35.2 Å². The van der Waals surface area contributed by atoms with Crippen molar-refractivity contribution in [3.8, 4) is 10.7 Å². The zero-order valence-corrected chi connectivity index (χ0v) is 18.9. The van der Waals surface area contributed by atoms with Crippen LogP contribution in [0.5, 0.6) is 0 Å². The number of thioether (sulfide) groups is 1. The molecule has 0 fully saturated rings. The van der Waals surface area contributed by atoms with Crippen LogP contribution in [0.2, 0.25) is 0 Å². The number of aromatic nitrogens is 3. The summed E-state index contributed by atoms with van der Waals surface area (Å²) < 4.78 is 2.04. The van der Waals surface area contributed by atoms with Gasteiger partial charge in [0.15, 0.2) is 11.0 Å². The zero-order valence-electron chi connectivity index (χ0n) is 17.2. The lowest BCUT2D eigenvalue weighted by molar-refractivity contribution is 0.0611. The van der Waals surface area contributed by atoms with Gasteiger partial charge in [-0.1, -0.05) is 48.2 Å². The summed E-state index contributed by atoms with van der Waals surface area (Å²) in [7, 11) is 0. The van der Waals surface area contributed by atoms with Crippen LogP contribution >= 0.6 is 23.1 Å². The van der Waals surface area contributed by atoms with E-state index in [9.17, 15) is 9.59 Å². The van der Waals surface area contributed by atoms with Crippen molar-refractivity contribution in [2.24, 2.45) is 0 Å². The maximum absolute atomic E-state index is 13.0. The van der Waals surface area contributed by atoms with Crippen LogP contribution in [0.25, 0.3) is 21.5 Å². The number of imide groups is 1. The van der Waals surface area contributed by atoms with E-state index in [0.717, 1.165) is 26.6 Å².